The van der Waals surface area contributed by atoms with Crippen LogP contribution in [0.1, 0.15) is 24.9 Å². The minimum absolute atomic E-state index is 0.178. The third-order valence-corrected chi connectivity index (χ3v) is 7.13. The molecule has 0 bridgehead atoms. The number of sulfonamides is 1. The molecule has 2 aromatic rings. The van der Waals surface area contributed by atoms with E-state index in [1.165, 1.54) is 37.4 Å². The van der Waals surface area contributed by atoms with E-state index in [4.69, 9.17) is 16.3 Å². The molecule has 0 aliphatic rings. The predicted molar refractivity (Wildman–Crippen MR) is 121 cm³/mol. The largest absolute Gasteiger partial charge is 0.495 e. The number of sulfone groups is 1. The highest BCUT2D eigenvalue weighted by molar-refractivity contribution is 7.92. The van der Waals surface area contributed by atoms with Gasteiger partial charge in [0.1, 0.15) is 12.3 Å². The van der Waals surface area contributed by atoms with E-state index in [2.05, 4.69) is 5.32 Å². The number of rotatable bonds is 9. The molecule has 8 nitrogen and oxygen atoms in total. The Morgan fingerprint density at radius 3 is 2.16 bits per heavy atom. The van der Waals surface area contributed by atoms with Crippen molar-refractivity contribution < 1.29 is 26.4 Å². The van der Waals surface area contributed by atoms with Crippen LogP contribution in [0.2, 0.25) is 5.02 Å². The van der Waals surface area contributed by atoms with Gasteiger partial charge in [-0.15, -0.1) is 0 Å². The lowest BCUT2D eigenvalue weighted by Crippen LogP contribution is -2.41. The van der Waals surface area contributed by atoms with Gasteiger partial charge < -0.3 is 10.1 Å². The second-order valence-corrected chi connectivity index (χ2v) is 11.3. The normalized spacial score (nSPS) is 12.8. The predicted octanol–water partition coefficient (Wildman–Crippen LogP) is 2.79. The van der Waals surface area contributed by atoms with E-state index in [9.17, 15) is 21.6 Å². The highest BCUT2D eigenvalue weighted by Crippen LogP contribution is 2.30. The standard InChI is InChI=1S/C20H25ClN2O6S2/c1-5-18(14-6-9-16(10-7-14)30(3,25)26)22-20(24)13-23(31(4,27)28)15-8-11-19(29-2)17(21)12-15/h6-12,18H,5,13H2,1-4H3,(H,22,24). The fraction of sp³-hybridized carbons (Fsp3) is 0.350. The quantitative estimate of drug-likeness (QED) is 0.581. The lowest BCUT2D eigenvalue weighted by Gasteiger charge is -2.24. The number of halogens is 1. The van der Waals surface area contributed by atoms with E-state index in [0.29, 0.717) is 17.7 Å². The summed E-state index contributed by atoms with van der Waals surface area (Å²) in [6.07, 6.45) is 2.64. The fourth-order valence-corrected chi connectivity index (χ4v) is 4.68. The molecule has 0 aliphatic carbocycles. The summed E-state index contributed by atoms with van der Waals surface area (Å²) in [4.78, 5) is 12.9. The molecule has 0 aromatic heterocycles. The summed E-state index contributed by atoms with van der Waals surface area (Å²) in [5.41, 5.74) is 0.940. The Morgan fingerprint density at radius 2 is 1.71 bits per heavy atom. The lowest BCUT2D eigenvalue weighted by molar-refractivity contribution is -0.120. The maximum absolute atomic E-state index is 12.7. The number of anilines is 1. The van der Waals surface area contributed by atoms with Crippen LogP contribution in [-0.2, 0) is 24.7 Å². The Morgan fingerprint density at radius 1 is 1.10 bits per heavy atom. The van der Waals surface area contributed by atoms with E-state index in [-0.39, 0.29) is 15.6 Å². The fourth-order valence-electron chi connectivity index (χ4n) is 2.95. The zero-order chi connectivity index (χ0) is 23.4. The van der Waals surface area contributed by atoms with E-state index in [0.717, 1.165) is 16.8 Å². The molecular formula is C20H25ClN2O6S2. The summed E-state index contributed by atoms with van der Waals surface area (Å²) in [6.45, 7) is 1.41. The Kier molecular flexibility index (Phi) is 7.96. The van der Waals surface area contributed by atoms with Crippen molar-refractivity contribution in [3.8, 4) is 5.75 Å². The third-order valence-electron chi connectivity index (χ3n) is 4.56. The van der Waals surface area contributed by atoms with Crippen LogP contribution in [0.5, 0.6) is 5.75 Å². The van der Waals surface area contributed by atoms with Gasteiger partial charge in [-0.25, -0.2) is 16.8 Å². The van der Waals surface area contributed by atoms with Crippen LogP contribution in [0.3, 0.4) is 0 Å². The van der Waals surface area contributed by atoms with Crippen LogP contribution in [-0.4, -0.2) is 48.9 Å². The Labute approximate surface area is 188 Å². The zero-order valence-corrected chi connectivity index (χ0v) is 20.0. The Balaban J connectivity index is 2.22. The van der Waals surface area contributed by atoms with Gasteiger partial charge in [0.15, 0.2) is 9.84 Å². The molecule has 1 N–H and O–H groups in total. The van der Waals surface area contributed by atoms with Crippen molar-refractivity contribution in [2.75, 3.05) is 30.5 Å². The molecule has 1 atom stereocenters. The summed E-state index contributed by atoms with van der Waals surface area (Å²) in [5.74, 6) is -0.136. The van der Waals surface area contributed by atoms with E-state index < -0.39 is 38.4 Å². The second-order valence-electron chi connectivity index (χ2n) is 6.96. The molecule has 0 heterocycles. The van der Waals surface area contributed by atoms with Crippen LogP contribution in [0.25, 0.3) is 0 Å². The summed E-state index contributed by atoms with van der Waals surface area (Å²) in [5, 5.41) is 3.01. The second kappa shape index (κ2) is 9.88. The number of methoxy groups -OCH3 is 1. The van der Waals surface area contributed by atoms with Crippen molar-refractivity contribution in [2.45, 2.75) is 24.3 Å². The first-order valence-electron chi connectivity index (χ1n) is 9.27. The molecule has 0 spiro atoms. The molecule has 11 heteroatoms. The number of hydrogen-bond donors (Lipinski definition) is 1. The van der Waals surface area contributed by atoms with Gasteiger partial charge >= 0.3 is 0 Å². The van der Waals surface area contributed by atoms with Crippen molar-refractivity contribution in [2.24, 2.45) is 0 Å². The van der Waals surface area contributed by atoms with Gasteiger partial charge in [0, 0.05) is 6.26 Å². The van der Waals surface area contributed by atoms with Crippen LogP contribution < -0.4 is 14.4 Å². The number of hydrogen-bond acceptors (Lipinski definition) is 6. The maximum Gasteiger partial charge on any atom is 0.241 e. The SMILES string of the molecule is CCC(NC(=O)CN(c1ccc(OC)c(Cl)c1)S(C)(=O)=O)c1ccc(S(C)(=O)=O)cc1. The van der Waals surface area contributed by atoms with Crippen molar-refractivity contribution >= 4 is 43.1 Å². The topological polar surface area (TPSA) is 110 Å². The highest BCUT2D eigenvalue weighted by Gasteiger charge is 2.23. The van der Waals surface area contributed by atoms with Gasteiger partial charge in [-0.1, -0.05) is 30.7 Å². The first kappa shape index (κ1) is 25.0. The first-order chi connectivity index (χ1) is 14.4. The van der Waals surface area contributed by atoms with Crippen LogP contribution in [0, 0.1) is 0 Å². The number of nitrogens with zero attached hydrogens (tertiary/aromatic N) is 1. The molecule has 0 saturated heterocycles. The van der Waals surface area contributed by atoms with Crippen LogP contribution in [0.15, 0.2) is 47.4 Å². The van der Waals surface area contributed by atoms with Crippen LogP contribution >= 0.6 is 11.6 Å². The third kappa shape index (κ3) is 6.59. The number of amides is 1. The van der Waals surface area contributed by atoms with Crippen molar-refractivity contribution in [1.82, 2.24) is 5.32 Å². The molecule has 2 aromatic carbocycles. The number of nitrogens with one attached hydrogen (secondary N) is 1. The summed E-state index contributed by atoms with van der Waals surface area (Å²) in [6, 6.07) is 10.2. The highest BCUT2D eigenvalue weighted by atomic mass is 35.5. The lowest BCUT2D eigenvalue weighted by atomic mass is 10.0. The summed E-state index contributed by atoms with van der Waals surface area (Å²) in [7, 11) is -5.66. The average Bonchev–Trinajstić information content (AvgIpc) is 2.68. The van der Waals surface area contributed by atoms with Crippen molar-refractivity contribution in [3.63, 3.8) is 0 Å². The van der Waals surface area contributed by atoms with E-state index >= 15 is 0 Å². The smallest absolute Gasteiger partial charge is 0.241 e. The summed E-state index contributed by atoms with van der Waals surface area (Å²) >= 11 is 6.10. The molecule has 0 saturated carbocycles. The van der Waals surface area contributed by atoms with Gasteiger partial charge in [-0.2, -0.15) is 0 Å². The molecule has 170 valence electrons. The minimum atomic E-state index is -3.77. The molecule has 31 heavy (non-hydrogen) atoms. The molecule has 2 rings (SSSR count). The van der Waals surface area contributed by atoms with Crippen molar-refractivity contribution in [3.05, 3.63) is 53.1 Å². The first-order valence-corrected chi connectivity index (χ1v) is 13.4. The number of carbonyl (C=O) groups is 1. The Bertz CT molecular complexity index is 1150. The van der Waals surface area contributed by atoms with Gasteiger partial charge in [0.25, 0.3) is 0 Å². The molecular weight excluding hydrogens is 464 g/mol. The van der Waals surface area contributed by atoms with E-state index in [1.807, 2.05) is 6.92 Å². The molecule has 1 amide bonds. The minimum Gasteiger partial charge on any atom is -0.495 e. The van der Waals surface area contributed by atoms with Gasteiger partial charge in [-0.05, 0) is 42.3 Å². The molecule has 0 aliphatic heterocycles. The molecule has 0 fully saturated rings. The van der Waals surface area contributed by atoms with Gasteiger partial charge in [-0.3, -0.25) is 9.10 Å². The maximum atomic E-state index is 12.7. The van der Waals surface area contributed by atoms with Gasteiger partial charge in [0.05, 0.1) is 35.0 Å². The summed E-state index contributed by atoms with van der Waals surface area (Å²) < 4.78 is 53.9. The van der Waals surface area contributed by atoms with Gasteiger partial charge in [0.2, 0.25) is 15.9 Å². The molecule has 1 unspecified atom stereocenters. The Hall–Kier alpha value is -2.30. The number of carbonyl (C=O) groups excluding carboxylic acids is 1. The average molecular weight is 489 g/mol. The number of benzene rings is 2. The number of ether oxygens (including phenoxy) is 1. The van der Waals surface area contributed by atoms with Crippen molar-refractivity contribution in [1.29, 1.82) is 0 Å². The monoisotopic (exact) mass is 488 g/mol. The molecule has 0 radical (unpaired) electrons. The zero-order valence-electron chi connectivity index (χ0n) is 17.6. The van der Waals surface area contributed by atoms with Crippen LogP contribution in [0.4, 0.5) is 5.69 Å². The van der Waals surface area contributed by atoms with E-state index in [1.54, 1.807) is 12.1 Å².